The fourth-order valence-corrected chi connectivity index (χ4v) is 2.87. The van der Waals surface area contributed by atoms with Crippen LogP contribution in [0.25, 0.3) is 0 Å². The van der Waals surface area contributed by atoms with Crippen LogP contribution in [0, 0.1) is 5.82 Å². The van der Waals surface area contributed by atoms with Crippen LogP contribution in [0.15, 0.2) is 24.3 Å². The summed E-state index contributed by atoms with van der Waals surface area (Å²) in [5.74, 6) is -0.370. The number of nitrogens with zero attached hydrogens (tertiary/aromatic N) is 1. The predicted molar refractivity (Wildman–Crippen MR) is 75.8 cm³/mol. The Labute approximate surface area is 119 Å². The second-order valence-corrected chi connectivity index (χ2v) is 5.59. The first kappa shape index (κ1) is 15.0. The number of amides is 1. The van der Waals surface area contributed by atoms with Crippen molar-refractivity contribution >= 4 is 5.91 Å². The van der Waals surface area contributed by atoms with E-state index in [2.05, 4.69) is 0 Å². The van der Waals surface area contributed by atoms with E-state index in [1.165, 1.54) is 6.07 Å². The Morgan fingerprint density at radius 3 is 2.90 bits per heavy atom. The fourth-order valence-electron chi connectivity index (χ4n) is 2.87. The first-order valence-corrected chi connectivity index (χ1v) is 7.29. The highest BCUT2D eigenvalue weighted by Crippen LogP contribution is 2.22. The van der Waals surface area contributed by atoms with Gasteiger partial charge in [-0.2, -0.15) is 0 Å². The van der Waals surface area contributed by atoms with Gasteiger partial charge in [0.1, 0.15) is 5.82 Å². The molecular weight excluding hydrogens is 257 g/mol. The summed E-state index contributed by atoms with van der Waals surface area (Å²) in [7, 11) is 0. The van der Waals surface area contributed by atoms with Crippen molar-refractivity contribution in [1.82, 2.24) is 4.90 Å². The van der Waals surface area contributed by atoms with Crippen LogP contribution in [0.4, 0.5) is 4.39 Å². The lowest BCUT2D eigenvalue weighted by Crippen LogP contribution is -2.45. The SMILES string of the molecule is CC(O)CC1CCCCN1C(=O)Cc1ccccc1F. The van der Waals surface area contributed by atoms with E-state index >= 15 is 0 Å². The maximum absolute atomic E-state index is 13.6. The molecule has 0 bridgehead atoms. The molecule has 1 saturated heterocycles. The van der Waals surface area contributed by atoms with Crippen molar-refractivity contribution in [3.8, 4) is 0 Å². The van der Waals surface area contributed by atoms with E-state index in [-0.39, 0.29) is 24.2 Å². The van der Waals surface area contributed by atoms with E-state index in [0.717, 1.165) is 19.3 Å². The zero-order valence-corrected chi connectivity index (χ0v) is 11.9. The standard InChI is InChI=1S/C16H22FNO2/c1-12(19)10-14-7-4-5-9-18(14)16(20)11-13-6-2-3-8-15(13)17/h2-3,6,8,12,14,19H,4-5,7,9-11H2,1H3. The summed E-state index contributed by atoms with van der Waals surface area (Å²) in [6.45, 7) is 2.46. The lowest BCUT2D eigenvalue weighted by atomic mass is 9.96. The van der Waals surface area contributed by atoms with Gasteiger partial charge < -0.3 is 10.0 Å². The third-order valence-electron chi connectivity index (χ3n) is 3.86. The summed E-state index contributed by atoms with van der Waals surface area (Å²) in [6.07, 6.45) is 3.28. The van der Waals surface area contributed by atoms with Crippen LogP contribution in [0.2, 0.25) is 0 Å². The molecule has 0 radical (unpaired) electrons. The lowest BCUT2D eigenvalue weighted by molar-refractivity contribution is -0.134. The van der Waals surface area contributed by atoms with Gasteiger partial charge in [0.2, 0.25) is 5.91 Å². The number of hydrogen-bond donors (Lipinski definition) is 1. The minimum Gasteiger partial charge on any atom is -0.393 e. The molecule has 1 fully saturated rings. The van der Waals surface area contributed by atoms with Crippen molar-refractivity contribution in [3.63, 3.8) is 0 Å². The predicted octanol–water partition coefficient (Wildman–Crippen LogP) is 2.52. The molecule has 1 aliphatic rings. The van der Waals surface area contributed by atoms with Gasteiger partial charge in [-0.05, 0) is 44.2 Å². The number of carbonyl (C=O) groups excluding carboxylic acids is 1. The second kappa shape index (κ2) is 6.84. The summed E-state index contributed by atoms with van der Waals surface area (Å²) < 4.78 is 13.6. The first-order chi connectivity index (χ1) is 9.58. The van der Waals surface area contributed by atoms with Crippen LogP contribution >= 0.6 is 0 Å². The van der Waals surface area contributed by atoms with Gasteiger partial charge in [0.15, 0.2) is 0 Å². The second-order valence-electron chi connectivity index (χ2n) is 5.59. The molecule has 1 aliphatic heterocycles. The van der Waals surface area contributed by atoms with Gasteiger partial charge in [-0.25, -0.2) is 4.39 Å². The molecule has 20 heavy (non-hydrogen) atoms. The molecule has 2 atom stereocenters. The van der Waals surface area contributed by atoms with Crippen LogP contribution in [0.3, 0.4) is 0 Å². The van der Waals surface area contributed by atoms with E-state index in [1.54, 1.807) is 25.1 Å². The molecule has 4 heteroatoms. The highest BCUT2D eigenvalue weighted by Gasteiger charge is 2.27. The zero-order chi connectivity index (χ0) is 14.5. The molecule has 0 aliphatic carbocycles. The molecule has 0 saturated carbocycles. The number of piperidine rings is 1. The Bertz CT molecular complexity index is 462. The van der Waals surface area contributed by atoms with Gasteiger partial charge in [-0.3, -0.25) is 4.79 Å². The number of rotatable bonds is 4. The van der Waals surface area contributed by atoms with Gasteiger partial charge in [0.25, 0.3) is 0 Å². The van der Waals surface area contributed by atoms with Crippen LogP contribution in [0.5, 0.6) is 0 Å². The van der Waals surface area contributed by atoms with E-state index < -0.39 is 6.10 Å². The normalized spacial score (nSPS) is 20.8. The van der Waals surface area contributed by atoms with Gasteiger partial charge >= 0.3 is 0 Å². The summed E-state index contributed by atoms with van der Waals surface area (Å²) in [6, 6.07) is 6.49. The van der Waals surface area contributed by atoms with Crippen LogP contribution < -0.4 is 0 Å². The minimum atomic E-state index is -0.415. The molecule has 1 aromatic rings. The van der Waals surface area contributed by atoms with E-state index in [1.807, 2.05) is 4.90 Å². The summed E-state index contributed by atoms with van der Waals surface area (Å²) in [5, 5.41) is 9.54. The molecular formula is C16H22FNO2. The third-order valence-corrected chi connectivity index (χ3v) is 3.86. The molecule has 0 spiro atoms. The molecule has 1 amide bonds. The van der Waals surface area contributed by atoms with Crippen LogP contribution in [-0.2, 0) is 11.2 Å². The molecule has 1 aromatic carbocycles. The third kappa shape index (κ3) is 3.79. The largest absolute Gasteiger partial charge is 0.393 e. The average molecular weight is 279 g/mol. The summed E-state index contributed by atoms with van der Waals surface area (Å²) in [5.41, 5.74) is 0.443. The number of hydrogen-bond acceptors (Lipinski definition) is 2. The van der Waals surface area contributed by atoms with Crippen molar-refractivity contribution in [2.75, 3.05) is 6.54 Å². The molecule has 110 valence electrons. The summed E-state index contributed by atoms with van der Waals surface area (Å²) >= 11 is 0. The number of benzene rings is 1. The van der Waals surface area contributed by atoms with Gasteiger partial charge in [0, 0.05) is 12.6 Å². The maximum Gasteiger partial charge on any atom is 0.227 e. The Kier molecular flexibility index (Phi) is 5.12. The van der Waals surface area contributed by atoms with Gasteiger partial charge in [0.05, 0.1) is 12.5 Å². The quantitative estimate of drug-likeness (QED) is 0.920. The zero-order valence-electron chi connectivity index (χ0n) is 11.9. The number of aliphatic hydroxyl groups excluding tert-OH is 1. The van der Waals surface area contributed by atoms with Crippen molar-refractivity contribution in [2.24, 2.45) is 0 Å². The Balaban J connectivity index is 2.04. The Morgan fingerprint density at radius 1 is 1.45 bits per heavy atom. The molecule has 3 nitrogen and oxygen atoms in total. The molecule has 2 rings (SSSR count). The van der Waals surface area contributed by atoms with Gasteiger partial charge in [-0.15, -0.1) is 0 Å². The van der Waals surface area contributed by atoms with Crippen molar-refractivity contribution in [3.05, 3.63) is 35.6 Å². The maximum atomic E-state index is 13.6. The highest BCUT2D eigenvalue weighted by atomic mass is 19.1. The van der Waals surface area contributed by atoms with E-state index in [0.29, 0.717) is 18.5 Å². The van der Waals surface area contributed by atoms with Crippen molar-refractivity contribution < 1.29 is 14.3 Å². The topological polar surface area (TPSA) is 40.5 Å². The minimum absolute atomic E-state index is 0.0413. The van der Waals surface area contributed by atoms with E-state index in [4.69, 9.17) is 0 Å². The molecule has 0 aromatic heterocycles. The molecule has 2 unspecified atom stereocenters. The smallest absolute Gasteiger partial charge is 0.227 e. The monoisotopic (exact) mass is 279 g/mol. The summed E-state index contributed by atoms with van der Waals surface area (Å²) in [4.78, 5) is 14.2. The van der Waals surface area contributed by atoms with Crippen molar-refractivity contribution in [2.45, 2.75) is 51.2 Å². The Morgan fingerprint density at radius 2 is 2.20 bits per heavy atom. The molecule has 1 N–H and O–H groups in total. The van der Waals surface area contributed by atoms with Crippen LogP contribution in [-0.4, -0.2) is 34.6 Å². The number of aliphatic hydroxyl groups is 1. The first-order valence-electron chi connectivity index (χ1n) is 7.29. The lowest BCUT2D eigenvalue weighted by Gasteiger charge is -2.36. The number of likely N-dealkylation sites (tertiary alicyclic amines) is 1. The van der Waals surface area contributed by atoms with Crippen molar-refractivity contribution in [1.29, 1.82) is 0 Å². The highest BCUT2D eigenvalue weighted by molar-refractivity contribution is 5.79. The van der Waals surface area contributed by atoms with E-state index in [9.17, 15) is 14.3 Å². The number of carbonyl (C=O) groups is 1. The van der Waals surface area contributed by atoms with Gasteiger partial charge in [-0.1, -0.05) is 18.2 Å². The Hall–Kier alpha value is -1.42. The number of halogens is 1. The molecule has 1 heterocycles. The fraction of sp³-hybridized carbons (Fsp3) is 0.562. The van der Waals surface area contributed by atoms with Crippen LogP contribution in [0.1, 0.15) is 38.2 Å². The average Bonchev–Trinajstić information content (AvgIpc) is 2.41.